The summed E-state index contributed by atoms with van der Waals surface area (Å²) in [5.74, 6) is 0.199. The summed E-state index contributed by atoms with van der Waals surface area (Å²) in [5, 5.41) is 0. The smallest absolute Gasteiger partial charge is 0.168 e. The topological polar surface area (TPSA) is 26.3 Å². The number of fused-ring (bicyclic) bond motifs is 1. The Morgan fingerprint density at radius 3 is 2.57 bits per heavy atom. The standard InChI is InChI=1S/C19H20O2/c1-21-18(13-14-7-3-2-4-8-14)17-12-11-15-9-5-6-10-16(15)19(17)20/h2-10,17-18H,11-13H2,1H3. The van der Waals surface area contributed by atoms with Gasteiger partial charge in [0.1, 0.15) is 0 Å². The highest BCUT2D eigenvalue weighted by Crippen LogP contribution is 2.30. The van der Waals surface area contributed by atoms with Crippen molar-refractivity contribution in [2.75, 3.05) is 7.11 Å². The number of hydrogen-bond donors (Lipinski definition) is 0. The number of ether oxygens (including phenoxy) is 1. The van der Waals surface area contributed by atoms with E-state index in [9.17, 15) is 4.79 Å². The van der Waals surface area contributed by atoms with Crippen molar-refractivity contribution in [2.24, 2.45) is 5.92 Å². The molecule has 0 spiro atoms. The van der Waals surface area contributed by atoms with Gasteiger partial charge in [0, 0.05) is 18.6 Å². The Hall–Kier alpha value is -1.93. The maximum Gasteiger partial charge on any atom is 0.168 e. The van der Waals surface area contributed by atoms with Crippen molar-refractivity contribution in [3.8, 4) is 0 Å². The number of carbonyl (C=O) groups is 1. The minimum absolute atomic E-state index is 0.0369. The highest BCUT2D eigenvalue weighted by molar-refractivity contribution is 6.00. The molecule has 0 bridgehead atoms. The van der Waals surface area contributed by atoms with E-state index in [-0.39, 0.29) is 17.8 Å². The molecular formula is C19H20O2. The zero-order valence-electron chi connectivity index (χ0n) is 12.3. The minimum Gasteiger partial charge on any atom is -0.380 e. The Morgan fingerprint density at radius 2 is 1.81 bits per heavy atom. The molecule has 2 unspecified atom stereocenters. The Labute approximate surface area is 125 Å². The number of hydrogen-bond acceptors (Lipinski definition) is 2. The van der Waals surface area contributed by atoms with Gasteiger partial charge in [-0.2, -0.15) is 0 Å². The zero-order chi connectivity index (χ0) is 14.7. The van der Waals surface area contributed by atoms with Crippen molar-refractivity contribution < 1.29 is 9.53 Å². The van der Waals surface area contributed by atoms with Crippen molar-refractivity contribution in [1.82, 2.24) is 0 Å². The van der Waals surface area contributed by atoms with Gasteiger partial charge in [-0.05, 0) is 30.4 Å². The maximum absolute atomic E-state index is 12.7. The first-order chi connectivity index (χ1) is 10.3. The zero-order valence-corrected chi connectivity index (χ0v) is 12.3. The molecule has 0 amide bonds. The average Bonchev–Trinajstić information content (AvgIpc) is 2.55. The lowest BCUT2D eigenvalue weighted by Crippen LogP contribution is -2.35. The molecule has 0 fully saturated rings. The Morgan fingerprint density at radius 1 is 1.10 bits per heavy atom. The summed E-state index contributed by atoms with van der Waals surface area (Å²) in [6, 6.07) is 18.2. The molecule has 21 heavy (non-hydrogen) atoms. The lowest BCUT2D eigenvalue weighted by molar-refractivity contribution is 0.0400. The largest absolute Gasteiger partial charge is 0.380 e. The molecule has 2 aromatic rings. The quantitative estimate of drug-likeness (QED) is 0.853. The van der Waals surface area contributed by atoms with Crippen LogP contribution in [0.1, 0.15) is 27.9 Å². The SMILES string of the molecule is COC(Cc1ccccc1)C1CCc2ccccc2C1=O. The number of ketones is 1. The number of methoxy groups -OCH3 is 1. The number of carbonyl (C=O) groups excluding carboxylic acids is 1. The fourth-order valence-electron chi connectivity index (χ4n) is 3.21. The second kappa shape index (κ2) is 6.23. The molecule has 1 aliphatic carbocycles. The van der Waals surface area contributed by atoms with Crippen LogP contribution in [0.25, 0.3) is 0 Å². The summed E-state index contributed by atoms with van der Waals surface area (Å²) in [6.07, 6.45) is 2.58. The van der Waals surface area contributed by atoms with Gasteiger partial charge in [0.2, 0.25) is 0 Å². The summed E-state index contributed by atoms with van der Waals surface area (Å²) in [5.41, 5.74) is 3.27. The number of Topliss-reactive ketones (excluding diaryl/α,β-unsaturated/α-hetero) is 1. The normalized spacial score (nSPS) is 19.1. The number of aryl methyl sites for hydroxylation is 1. The fraction of sp³-hybridized carbons (Fsp3) is 0.316. The van der Waals surface area contributed by atoms with Crippen molar-refractivity contribution in [2.45, 2.75) is 25.4 Å². The maximum atomic E-state index is 12.7. The first-order valence-electron chi connectivity index (χ1n) is 7.48. The molecule has 0 heterocycles. The van der Waals surface area contributed by atoms with E-state index in [2.05, 4.69) is 18.2 Å². The lowest BCUT2D eigenvalue weighted by atomic mass is 9.78. The van der Waals surface area contributed by atoms with Crippen molar-refractivity contribution in [1.29, 1.82) is 0 Å². The Kier molecular flexibility index (Phi) is 4.16. The van der Waals surface area contributed by atoms with Crippen LogP contribution in [0.2, 0.25) is 0 Å². The lowest BCUT2D eigenvalue weighted by Gasteiger charge is -2.29. The average molecular weight is 280 g/mol. The molecule has 2 aromatic carbocycles. The van der Waals surface area contributed by atoms with Crippen molar-refractivity contribution in [3.63, 3.8) is 0 Å². The number of rotatable bonds is 4. The molecule has 2 nitrogen and oxygen atoms in total. The molecule has 2 heteroatoms. The molecule has 0 N–H and O–H groups in total. The first kappa shape index (κ1) is 14.0. The van der Waals surface area contributed by atoms with Gasteiger partial charge < -0.3 is 4.74 Å². The van der Waals surface area contributed by atoms with Gasteiger partial charge >= 0.3 is 0 Å². The van der Waals surface area contributed by atoms with Crippen LogP contribution in [0.3, 0.4) is 0 Å². The molecule has 0 radical (unpaired) electrons. The van der Waals surface area contributed by atoms with Gasteiger partial charge in [0.05, 0.1) is 6.10 Å². The van der Waals surface area contributed by atoms with Gasteiger partial charge in [-0.3, -0.25) is 4.79 Å². The highest BCUT2D eigenvalue weighted by Gasteiger charge is 2.33. The van der Waals surface area contributed by atoms with E-state index in [0.29, 0.717) is 0 Å². The molecule has 0 saturated heterocycles. The van der Waals surface area contributed by atoms with Crippen LogP contribution in [-0.4, -0.2) is 19.0 Å². The van der Waals surface area contributed by atoms with Crippen LogP contribution in [0.4, 0.5) is 0 Å². The molecule has 0 aliphatic heterocycles. The first-order valence-corrected chi connectivity index (χ1v) is 7.48. The Balaban J connectivity index is 1.81. The van der Waals surface area contributed by atoms with Gasteiger partial charge in [0.15, 0.2) is 5.78 Å². The van der Waals surface area contributed by atoms with E-state index in [4.69, 9.17) is 4.74 Å². The van der Waals surface area contributed by atoms with E-state index in [1.54, 1.807) is 7.11 Å². The van der Waals surface area contributed by atoms with Crippen molar-refractivity contribution >= 4 is 5.78 Å². The van der Waals surface area contributed by atoms with Crippen LogP contribution >= 0.6 is 0 Å². The highest BCUT2D eigenvalue weighted by atomic mass is 16.5. The fourth-order valence-corrected chi connectivity index (χ4v) is 3.21. The van der Waals surface area contributed by atoms with Gasteiger partial charge in [-0.1, -0.05) is 54.6 Å². The third kappa shape index (κ3) is 2.91. The summed E-state index contributed by atoms with van der Waals surface area (Å²) >= 11 is 0. The molecule has 0 aromatic heterocycles. The summed E-state index contributed by atoms with van der Waals surface area (Å²) in [6.45, 7) is 0. The second-order valence-corrected chi connectivity index (χ2v) is 5.63. The third-order valence-electron chi connectivity index (χ3n) is 4.38. The van der Waals surface area contributed by atoms with E-state index in [1.807, 2.05) is 36.4 Å². The van der Waals surface area contributed by atoms with Crippen LogP contribution in [0, 0.1) is 5.92 Å². The van der Waals surface area contributed by atoms with Crippen LogP contribution < -0.4 is 0 Å². The number of benzene rings is 2. The predicted octanol–water partition coefficient (Wildman–Crippen LogP) is 3.69. The van der Waals surface area contributed by atoms with E-state index in [0.717, 1.165) is 24.8 Å². The van der Waals surface area contributed by atoms with Gasteiger partial charge in [-0.15, -0.1) is 0 Å². The van der Waals surface area contributed by atoms with E-state index >= 15 is 0 Å². The molecule has 1 aliphatic rings. The van der Waals surface area contributed by atoms with Gasteiger partial charge in [-0.25, -0.2) is 0 Å². The van der Waals surface area contributed by atoms with E-state index in [1.165, 1.54) is 11.1 Å². The van der Waals surface area contributed by atoms with Crippen LogP contribution in [0.15, 0.2) is 54.6 Å². The summed E-state index contributed by atoms with van der Waals surface area (Å²) < 4.78 is 5.66. The second-order valence-electron chi connectivity index (χ2n) is 5.63. The molecule has 3 rings (SSSR count). The molecule has 2 atom stereocenters. The van der Waals surface area contributed by atoms with Crippen LogP contribution in [-0.2, 0) is 17.6 Å². The minimum atomic E-state index is -0.0479. The monoisotopic (exact) mass is 280 g/mol. The summed E-state index contributed by atoms with van der Waals surface area (Å²) in [7, 11) is 1.71. The molecule has 0 saturated carbocycles. The van der Waals surface area contributed by atoms with Gasteiger partial charge in [0.25, 0.3) is 0 Å². The van der Waals surface area contributed by atoms with Crippen LogP contribution in [0.5, 0.6) is 0 Å². The summed E-state index contributed by atoms with van der Waals surface area (Å²) in [4.78, 5) is 12.7. The third-order valence-corrected chi connectivity index (χ3v) is 4.38. The predicted molar refractivity (Wildman–Crippen MR) is 83.5 cm³/mol. The molecular weight excluding hydrogens is 260 g/mol. The van der Waals surface area contributed by atoms with E-state index < -0.39 is 0 Å². The molecule has 108 valence electrons. The van der Waals surface area contributed by atoms with Crippen molar-refractivity contribution in [3.05, 3.63) is 71.3 Å². The Bertz CT molecular complexity index is 618.